The van der Waals surface area contributed by atoms with Crippen molar-refractivity contribution < 1.29 is 23.8 Å². The van der Waals surface area contributed by atoms with Gasteiger partial charge >= 0.3 is 11.9 Å². The third kappa shape index (κ3) is 5.46. The van der Waals surface area contributed by atoms with Crippen LogP contribution in [0.15, 0.2) is 60.8 Å². The van der Waals surface area contributed by atoms with Crippen LogP contribution in [-0.4, -0.2) is 62.0 Å². The first-order valence-corrected chi connectivity index (χ1v) is 11.6. The largest absolute Gasteiger partial charge is 0.463 e. The number of carbonyl (C=O) groups excluding carboxylic acids is 2. The Balaban J connectivity index is 1.35. The van der Waals surface area contributed by atoms with E-state index in [2.05, 4.69) is 62.9 Å². The van der Waals surface area contributed by atoms with E-state index in [0.29, 0.717) is 18.1 Å². The summed E-state index contributed by atoms with van der Waals surface area (Å²) in [6.07, 6.45) is 1.73. The van der Waals surface area contributed by atoms with Crippen molar-refractivity contribution in [2.75, 3.05) is 20.3 Å². The molecule has 0 atom stereocenters. The predicted molar refractivity (Wildman–Crippen MR) is 134 cm³/mol. The molecule has 0 spiro atoms. The van der Waals surface area contributed by atoms with Gasteiger partial charge in [-0.3, -0.25) is 4.79 Å². The minimum absolute atomic E-state index is 0.0356. The van der Waals surface area contributed by atoms with E-state index in [9.17, 15) is 9.59 Å². The van der Waals surface area contributed by atoms with Crippen molar-refractivity contribution in [1.29, 1.82) is 0 Å². The summed E-state index contributed by atoms with van der Waals surface area (Å²) in [6.45, 7) is 2.03. The number of aromatic nitrogens is 6. The molecule has 37 heavy (non-hydrogen) atoms. The molecule has 0 saturated carbocycles. The number of methoxy groups -OCH3 is 1. The maximum Gasteiger partial charge on any atom is 0.377 e. The Labute approximate surface area is 211 Å². The van der Waals surface area contributed by atoms with Crippen LogP contribution in [0, 0.1) is 0 Å². The second-order valence-electron chi connectivity index (χ2n) is 8.31. The number of carbonyl (C=O) groups is 2. The monoisotopic (exact) mass is 500 g/mol. The molecule has 2 aromatic heterocycles. The van der Waals surface area contributed by atoms with E-state index < -0.39 is 11.9 Å². The minimum Gasteiger partial charge on any atom is -0.463 e. The summed E-state index contributed by atoms with van der Waals surface area (Å²) < 4.78 is 18.2. The molecule has 0 radical (unpaired) electrons. The van der Waals surface area contributed by atoms with Gasteiger partial charge in [0.05, 0.1) is 26.5 Å². The quantitative estimate of drug-likeness (QED) is 0.170. The lowest BCUT2D eigenvalue weighted by atomic mass is 10.0. The molecule has 0 unspecified atom stereocenters. The smallest absolute Gasteiger partial charge is 0.377 e. The lowest BCUT2D eigenvalue weighted by Crippen LogP contribution is -2.12. The minimum atomic E-state index is -0.684. The van der Waals surface area contributed by atoms with Gasteiger partial charge in [0, 0.05) is 6.92 Å². The van der Waals surface area contributed by atoms with Crippen molar-refractivity contribution in [1.82, 2.24) is 29.8 Å². The van der Waals surface area contributed by atoms with Crippen LogP contribution in [0.5, 0.6) is 0 Å². The molecule has 5 rings (SSSR count). The van der Waals surface area contributed by atoms with E-state index >= 15 is 0 Å². The Morgan fingerprint density at radius 2 is 1.70 bits per heavy atom. The third-order valence-corrected chi connectivity index (χ3v) is 5.67. The van der Waals surface area contributed by atoms with Gasteiger partial charge in [0.2, 0.25) is 0 Å². The van der Waals surface area contributed by atoms with Crippen LogP contribution >= 0.6 is 0 Å². The summed E-state index contributed by atoms with van der Waals surface area (Å²) in [5, 5.41) is 17.3. The van der Waals surface area contributed by atoms with E-state index in [0.717, 1.165) is 10.9 Å². The summed E-state index contributed by atoms with van der Waals surface area (Å²) in [6, 6.07) is 18.9. The van der Waals surface area contributed by atoms with Gasteiger partial charge in [0.15, 0.2) is 5.82 Å². The van der Waals surface area contributed by atoms with Crippen LogP contribution in [0.1, 0.15) is 23.1 Å². The fourth-order valence-corrected chi connectivity index (χ4v) is 3.95. The van der Waals surface area contributed by atoms with Gasteiger partial charge in [0.25, 0.3) is 5.82 Å². The Morgan fingerprint density at radius 3 is 2.46 bits per heavy atom. The molecule has 11 heteroatoms. The molecule has 0 aliphatic heterocycles. The molecule has 0 aliphatic rings. The molecule has 3 aromatic carbocycles. The van der Waals surface area contributed by atoms with Crippen molar-refractivity contribution in [3.8, 4) is 11.5 Å². The predicted octanol–water partition coefficient (Wildman–Crippen LogP) is 3.22. The first-order chi connectivity index (χ1) is 18.0. The van der Waals surface area contributed by atoms with Gasteiger partial charge in [-0.05, 0) is 45.3 Å². The molecule has 0 fully saturated rings. The summed E-state index contributed by atoms with van der Waals surface area (Å²) in [5.41, 5.74) is 1.47. The standard InChI is InChI=1S/C26H24N6O5/c1-17(33)37-10-9-36-16-32-25(27-24(29-32)26(34)35-2)23-15-31(30-28-23)14-18-7-8-21-12-19-5-3-4-6-20(19)13-22(21)11-18/h3-8,11-13,15H,9-10,14,16H2,1-2H3. The van der Waals surface area contributed by atoms with Crippen LogP contribution in [0.3, 0.4) is 0 Å². The number of ether oxygens (including phenoxy) is 3. The van der Waals surface area contributed by atoms with Crippen LogP contribution in [0.25, 0.3) is 33.1 Å². The molecule has 188 valence electrons. The average molecular weight is 501 g/mol. The second kappa shape index (κ2) is 10.5. The number of esters is 2. The molecule has 0 aliphatic carbocycles. The molecular formula is C26H24N6O5. The zero-order valence-electron chi connectivity index (χ0n) is 20.3. The van der Waals surface area contributed by atoms with Gasteiger partial charge in [0.1, 0.15) is 19.0 Å². The number of rotatable bonds is 9. The molecule has 0 amide bonds. The lowest BCUT2D eigenvalue weighted by Gasteiger charge is -2.06. The maximum atomic E-state index is 12.0. The van der Waals surface area contributed by atoms with E-state index in [1.807, 2.05) is 12.1 Å². The zero-order chi connectivity index (χ0) is 25.8. The molecule has 11 nitrogen and oxygen atoms in total. The van der Waals surface area contributed by atoms with Crippen molar-refractivity contribution in [3.63, 3.8) is 0 Å². The highest BCUT2D eigenvalue weighted by molar-refractivity contribution is 5.98. The van der Waals surface area contributed by atoms with Gasteiger partial charge in [-0.25, -0.2) is 14.2 Å². The molecule has 2 heterocycles. The van der Waals surface area contributed by atoms with Crippen molar-refractivity contribution >= 4 is 33.5 Å². The molecule has 0 bridgehead atoms. The molecular weight excluding hydrogens is 476 g/mol. The summed E-state index contributed by atoms with van der Waals surface area (Å²) in [7, 11) is 1.25. The number of hydrogen-bond acceptors (Lipinski definition) is 9. The van der Waals surface area contributed by atoms with E-state index in [1.54, 1.807) is 10.9 Å². The van der Waals surface area contributed by atoms with Gasteiger partial charge in [-0.1, -0.05) is 41.6 Å². The average Bonchev–Trinajstić information content (AvgIpc) is 3.53. The fraction of sp³-hybridized carbons (Fsp3) is 0.231. The van der Waals surface area contributed by atoms with Crippen molar-refractivity contribution in [3.05, 3.63) is 72.2 Å². The Morgan fingerprint density at radius 1 is 0.946 bits per heavy atom. The summed E-state index contributed by atoms with van der Waals surface area (Å²) >= 11 is 0. The van der Waals surface area contributed by atoms with Crippen LogP contribution in [0.2, 0.25) is 0 Å². The first-order valence-electron chi connectivity index (χ1n) is 11.6. The van der Waals surface area contributed by atoms with Gasteiger partial charge in [-0.2, -0.15) is 4.98 Å². The number of fused-ring (bicyclic) bond motifs is 2. The highest BCUT2D eigenvalue weighted by Gasteiger charge is 2.20. The Bertz CT molecular complexity index is 1590. The van der Waals surface area contributed by atoms with Crippen molar-refractivity contribution in [2.24, 2.45) is 0 Å². The van der Waals surface area contributed by atoms with Gasteiger partial charge < -0.3 is 14.2 Å². The summed E-state index contributed by atoms with van der Waals surface area (Å²) in [4.78, 5) is 27.2. The SMILES string of the molecule is COC(=O)c1nc(-c2cn(Cc3ccc4cc5ccccc5cc4c3)nn2)n(COCCOC(C)=O)n1. The molecule has 0 N–H and O–H groups in total. The number of hydrogen-bond donors (Lipinski definition) is 0. The second-order valence-corrected chi connectivity index (χ2v) is 8.31. The highest BCUT2D eigenvalue weighted by atomic mass is 16.6. The third-order valence-electron chi connectivity index (χ3n) is 5.67. The Kier molecular flexibility index (Phi) is 6.86. The van der Waals surface area contributed by atoms with Crippen molar-refractivity contribution in [2.45, 2.75) is 20.2 Å². The van der Waals surface area contributed by atoms with E-state index in [1.165, 1.54) is 34.9 Å². The summed E-state index contributed by atoms with van der Waals surface area (Å²) in [5.74, 6) is -0.910. The van der Waals surface area contributed by atoms with Gasteiger partial charge in [-0.15, -0.1) is 10.2 Å². The first kappa shape index (κ1) is 24.1. The van der Waals surface area contributed by atoms with Crippen LogP contribution in [0.4, 0.5) is 0 Å². The normalized spacial score (nSPS) is 11.2. The van der Waals surface area contributed by atoms with Crippen LogP contribution in [-0.2, 0) is 32.3 Å². The molecule has 5 aromatic rings. The lowest BCUT2D eigenvalue weighted by molar-refractivity contribution is -0.142. The van der Waals surface area contributed by atoms with Crippen LogP contribution < -0.4 is 0 Å². The Hall–Kier alpha value is -4.64. The number of benzene rings is 3. The topological polar surface area (TPSA) is 123 Å². The van der Waals surface area contributed by atoms with E-state index in [4.69, 9.17) is 14.2 Å². The highest BCUT2D eigenvalue weighted by Crippen LogP contribution is 2.24. The molecule has 0 saturated heterocycles. The fourth-order valence-electron chi connectivity index (χ4n) is 3.95. The van der Waals surface area contributed by atoms with E-state index in [-0.39, 0.29) is 25.8 Å². The maximum absolute atomic E-state index is 12.0. The zero-order valence-corrected chi connectivity index (χ0v) is 20.3. The number of nitrogens with zero attached hydrogens (tertiary/aromatic N) is 6.